The third-order valence-electron chi connectivity index (χ3n) is 4.37. The number of Topliss-reactive ketones (excluding diaryl/α,β-unsaturated/α-hetero) is 1. The van der Waals surface area contributed by atoms with Crippen molar-refractivity contribution >= 4 is 5.78 Å². The van der Waals surface area contributed by atoms with Crippen LogP contribution in [0.5, 0.6) is 0 Å². The first-order chi connectivity index (χ1) is 9.56. The van der Waals surface area contributed by atoms with Gasteiger partial charge in [-0.15, -0.1) is 0 Å². The SMILES string of the molecule is Cc1ccc(C(C)C)cc1CCCN1CCC(=O)CC1. The molecule has 0 aromatic heterocycles. The number of likely N-dealkylation sites (tertiary alicyclic amines) is 1. The minimum Gasteiger partial charge on any atom is -0.302 e. The smallest absolute Gasteiger partial charge is 0.135 e. The van der Waals surface area contributed by atoms with Crippen molar-refractivity contribution < 1.29 is 4.79 Å². The van der Waals surface area contributed by atoms with E-state index in [9.17, 15) is 4.79 Å². The number of carbonyl (C=O) groups is 1. The summed E-state index contributed by atoms with van der Waals surface area (Å²) in [6.45, 7) is 9.75. The maximum absolute atomic E-state index is 11.2. The zero-order valence-corrected chi connectivity index (χ0v) is 13.1. The van der Waals surface area contributed by atoms with Crippen LogP contribution >= 0.6 is 0 Å². The number of hydrogen-bond donors (Lipinski definition) is 0. The van der Waals surface area contributed by atoms with Crippen LogP contribution in [0.15, 0.2) is 18.2 Å². The number of rotatable bonds is 5. The highest BCUT2D eigenvalue weighted by molar-refractivity contribution is 5.79. The lowest BCUT2D eigenvalue weighted by atomic mass is 9.95. The number of hydrogen-bond acceptors (Lipinski definition) is 2. The van der Waals surface area contributed by atoms with Crippen LogP contribution in [0, 0.1) is 6.92 Å². The first-order valence-corrected chi connectivity index (χ1v) is 7.89. The Labute approximate surface area is 123 Å². The second-order valence-electron chi connectivity index (χ2n) is 6.32. The molecule has 0 saturated carbocycles. The highest BCUT2D eigenvalue weighted by Crippen LogP contribution is 2.20. The molecule has 0 atom stereocenters. The minimum absolute atomic E-state index is 0.432. The van der Waals surface area contributed by atoms with Gasteiger partial charge in [0.25, 0.3) is 0 Å². The van der Waals surface area contributed by atoms with Gasteiger partial charge in [-0.1, -0.05) is 32.0 Å². The normalized spacial score (nSPS) is 16.9. The van der Waals surface area contributed by atoms with Crippen molar-refractivity contribution in [3.05, 3.63) is 34.9 Å². The highest BCUT2D eigenvalue weighted by atomic mass is 16.1. The maximum Gasteiger partial charge on any atom is 0.135 e. The Morgan fingerprint density at radius 2 is 1.90 bits per heavy atom. The summed E-state index contributed by atoms with van der Waals surface area (Å²) in [6.07, 6.45) is 3.84. The average molecular weight is 273 g/mol. The summed E-state index contributed by atoms with van der Waals surface area (Å²) in [6, 6.07) is 6.88. The number of ketones is 1. The van der Waals surface area contributed by atoms with E-state index in [1.165, 1.54) is 23.1 Å². The van der Waals surface area contributed by atoms with E-state index in [1.807, 2.05) is 0 Å². The fraction of sp³-hybridized carbons (Fsp3) is 0.611. The number of benzene rings is 1. The molecular formula is C18H27NO. The number of piperidine rings is 1. The number of aryl methyl sites for hydroxylation is 2. The van der Waals surface area contributed by atoms with E-state index in [1.54, 1.807) is 0 Å². The molecule has 2 nitrogen and oxygen atoms in total. The maximum atomic E-state index is 11.2. The molecule has 2 heteroatoms. The molecule has 20 heavy (non-hydrogen) atoms. The first kappa shape index (κ1) is 15.2. The fourth-order valence-corrected chi connectivity index (χ4v) is 2.84. The van der Waals surface area contributed by atoms with Crippen LogP contribution in [0.1, 0.15) is 55.7 Å². The molecule has 0 aliphatic carbocycles. The van der Waals surface area contributed by atoms with E-state index >= 15 is 0 Å². The van der Waals surface area contributed by atoms with Crippen LogP contribution in [0.25, 0.3) is 0 Å². The molecule has 1 heterocycles. The van der Waals surface area contributed by atoms with Crippen molar-refractivity contribution in [1.82, 2.24) is 4.90 Å². The lowest BCUT2D eigenvalue weighted by Gasteiger charge is -2.25. The van der Waals surface area contributed by atoms with E-state index < -0.39 is 0 Å². The Morgan fingerprint density at radius 3 is 2.55 bits per heavy atom. The predicted octanol–water partition coefficient (Wildman–Crippen LogP) is 3.72. The lowest BCUT2D eigenvalue weighted by Crippen LogP contribution is -2.34. The molecular weight excluding hydrogens is 246 g/mol. The third kappa shape index (κ3) is 4.17. The summed E-state index contributed by atoms with van der Waals surface area (Å²) in [5, 5.41) is 0. The van der Waals surface area contributed by atoms with Gasteiger partial charge in [-0.25, -0.2) is 0 Å². The van der Waals surface area contributed by atoms with E-state index in [4.69, 9.17) is 0 Å². The summed E-state index contributed by atoms with van der Waals surface area (Å²) in [7, 11) is 0. The molecule has 110 valence electrons. The molecule has 1 aromatic rings. The van der Waals surface area contributed by atoms with Crippen molar-refractivity contribution in [2.24, 2.45) is 0 Å². The van der Waals surface area contributed by atoms with Gasteiger partial charge in [0.1, 0.15) is 5.78 Å². The second-order valence-corrected chi connectivity index (χ2v) is 6.32. The predicted molar refractivity (Wildman–Crippen MR) is 84.3 cm³/mol. The third-order valence-corrected chi connectivity index (χ3v) is 4.37. The molecule has 0 bridgehead atoms. The zero-order chi connectivity index (χ0) is 14.5. The largest absolute Gasteiger partial charge is 0.302 e. The summed E-state index contributed by atoms with van der Waals surface area (Å²) < 4.78 is 0. The molecule has 1 aliphatic rings. The molecule has 0 spiro atoms. The van der Waals surface area contributed by atoms with Crippen LogP contribution in [0.4, 0.5) is 0 Å². The molecule has 0 amide bonds. The van der Waals surface area contributed by atoms with Gasteiger partial charge in [-0.05, 0) is 48.9 Å². The Kier molecular flexibility index (Phi) is 5.36. The highest BCUT2D eigenvalue weighted by Gasteiger charge is 2.15. The van der Waals surface area contributed by atoms with Crippen LogP contribution < -0.4 is 0 Å². The van der Waals surface area contributed by atoms with Gasteiger partial charge in [0, 0.05) is 25.9 Å². The van der Waals surface area contributed by atoms with Crippen molar-refractivity contribution in [3.63, 3.8) is 0 Å². The molecule has 1 aliphatic heterocycles. The average Bonchev–Trinajstić information content (AvgIpc) is 2.43. The molecule has 2 rings (SSSR count). The van der Waals surface area contributed by atoms with Crippen LogP contribution in [-0.4, -0.2) is 30.3 Å². The Balaban J connectivity index is 1.84. The summed E-state index contributed by atoms with van der Waals surface area (Å²) in [5.41, 5.74) is 4.33. The Morgan fingerprint density at radius 1 is 1.20 bits per heavy atom. The van der Waals surface area contributed by atoms with Crippen LogP contribution in [0.3, 0.4) is 0 Å². The quantitative estimate of drug-likeness (QED) is 0.815. The van der Waals surface area contributed by atoms with Gasteiger partial charge in [0.05, 0.1) is 0 Å². The molecule has 0 radical (unpaired) electrons. The van der Waals surface area contributed by atoms with E-state index in [-0.39, 0.29) is 0 Å². The molecule has 0 unspecified atom stereocenters. The van der Waals surface area contributed by atoms with Gasteiger partial charge in [0.15, 0.2) is 0 Å². The van der Waals surface area contributed by atoms with Crippen molar-refractivity contribution in [1.29, 1.82) is 0 Å². The van der Waals surface area contributed by atoms with Crippen molar-refractivity contribution in [2.45, 2.75) is 52.4 Å². The summed E-state index contributed by atoms with van der Waals surface area (Å²) in [4.78, 5) is 13.7. The van der Waals surface area contributed by atoms with E-state index in [0.29, 0.717) is 11.7 Å². The zero-order valence-electron chi connectivity index (χ0n) is 13.1. The van der Waals surface area contributed by atoms with Gasteiger partial charge in [-0.3, -0.25) is 4.79 Å². The van der Waals surface area contributed by atoms with Crippen molar-refractivity contribution in [2.75, 3.05) is 19.6 Å². The standard InChI is InChI=1S/C18H27NO/c1-14(2)16-7-6-15(3)17(13-16)5-4-10-19-11-8-18(20)9-12-19/h6-7,13-14H,4-5,8-12H2,1-3H3. The van der Waals surface area contributed by atoms with Gasteiger partial charge in [-0.2, -0.15) is 0 Å². The molecule has 1 aromatic carbocycles. The molecule has 1 fully saturated rings. The number of carbonyl (C=O) groups excluding carboxylic acids is 1. The lowest BCUT2D eigenvalue weighted by molar-refractivity contribution is -0.121. The summed E-state index contributed by atoms with van der Waals surface area (Å²) >= 11 is 0. The van der Waals surface area contributed by atoms with Crippen molar-refractivity contribution in [3.8, 4) is 0 Å². The topological polar surface area (TPSA) is 20.3 Å². The second kappa shape index (κ2) is 7.03. The van der Waals surface area contributed by atoms with Crippen LogP contribution in [0.2, 0.25) is 0 Å². The van der Waals surface area contributed by atoms with Gasteiger partial charge in [0.2, 0.25) is 0 Å². The van der Waals surface area contributed by atoms with Gasteiger partial charge >= 0.3 is 0 Å². The van der Waals surface area contributed by atoms with E-state index in [2.05, 4.69) is 43.9 Å². The minimum atomic E-state index is 0.432. The Bertz CT molecular complexity index is 454. The number of nitrogens with zero attached hydrogens (tertiary/aromatic N) is 1. The fourth-order valence-electron chi connectivity index (χ4n) is 2.84. The van der Waals surface area contributed by atoms with E-state index in [0.717, 1.165) is 38.9 Å². The molecule has 1 saturated heterocycles. The Hall–Kier alpha value is -1.15. The molecule has 0 N–H and O–H groups in total. The van der Waals surface area contributed by atoms with Gasteiger partial charge < -0.3 is 4.90 Å². The monoisotopic (exact) mass is 273 g/mol. The summed E-state index contributed by atoms with van der Waals surface area (Å²) in [5.74, 6) is 1.03. The van der Waals surface area contributed by atoms with Crippen LogP contribution in [-0.2, 0) is 11.2 Å². The first-order valence-electron chi connectivity index (χ1n) is 7.89.